The van der Waals surface area contributed by atoms with E-state index >= 15 is 0 Å². The van der Waals surface area contributed by atoms with Gasteiger partial charge < -0.3 is 15.4 Å². The SMILES string of the molecule is Cc1ccc(C2Nc3ccccc3-c3ccnc4[nH]cc2c34)cc1C(=O)O. The van der Waals surface area contributed by atoms with Crippen molar-refractivity contribution in [2.75, 3.05) is 5.32 Å². The van der Waals surface area contributed by atoms with Crippen LogP contribution in [0.4, 0.5) is 5.69 Å². The maximum Gasteiger partial charge on any atom is 0.335 e. The third-order valence-electron chi connectivity index (χ3n) is 5.26. The fraction of sp³-hybridized carbons (Fsp3) is 0.0909. The number of H-pyrrole nitrogens is 1. The summed E-state index contributed by atoms with van der Waals surface area (Å²) in [7, 11) is 0. The van der Waals surface area contributed by atoms with Crippen LogP contribution in [-0.4, -0.2) is 21.0 Å². The van der Waals surface area contributed by atoms with Crippen LogP contribution in [0.2, 0.25) is 0 Å². The van der Waals surface area contributed by atoms with Gasteiger partial charge in [0.25, 0.3) is 0 Å². The first kappa shape index (κ1) is 15.6. The molecule has 5 nitrogen and oxygen atoms in total. The van der Waals surface area contributed by atoms with E-state index in [-0.39, 0.29) is 6.04 Å². The number of carbonyl (C=O) groups is 1. The second-order valence-electron chi connectivity index (χ2n) is 6.83. The Morgan fingerprint density at radius 2 is 1.96 bits per heavy atom. The van der Waals surface area contributed by atoms with Gasteiger partial charge in [0, 0.05) is 34.6 Å². The molecule has 0 fully saturated rings. The van der Waals surface area contributed by atoms with E-state index in [1.54, 1.807) is 6.07 Å². The van der Waals surface area contributed by atoms with E-state index in [1.165, 1.54) is 0 Å². The van der Waals surface area contributed by atoms with Gasteiger partial charge in [-0.2, -0.15) is 0 Å². The van der Waals surface area contributed by atoms with Crippen LogP contribution in [0, 0.1) is 6.92 Å². The minimum absolute atomic E-state index is 0.177. The summed E-state index contributed by atoms with van der Waals surface area (Å²) in [6.45, 7) is 1.82. The van der Waals surface area contributed by atoms with Gasteiger partial charge in [-0.3, -0.25) is 0 Å². The Kier molecular flexibility index (Phi) is 3.31. The van der Waals surface area contributed by atoms with Crippen molar-refractivity contribution in [1.82, 2.24) is 9.97 Å². The molecule has 5 rings (SSSR count). The Hall–Kier alpha value is -3.60. The number of benzene rings is 2. The summed E-state index contributed by atoms with van der Waals surface area (Å²) < 4.78 is 0. The van der Waals surface area contributed by atoms with Crippen molar-refractivity contribution < 1.29 is 9.90 Å². The van der Waals surface area contributed by atoms with Crippen LogP contribution in [0.5, 0.6) is 0 Å². The number of aryl methyl sites for hydroxylation is 1. The van der Waals surface area contributed by atoms with Gasteiger partial charge in [-0.1, -0.05) is 30.3 Å². The summed E-state index contributed by atoms with van der Waals surface area (Å²) >= 11 is 0. The lowest BCUT2D eigenvalue weighted by Gasteiger charge is -2.20. The van der Waals surface area contributed by atoms with Crippen LogP contribution in [0.1, 0.15) is 33.1 Å². The number of carboxylic acids is 1. The molecule has 3 heterocycles. The highest BCUT2D eigenvalue weighted by Gasteiger charge is 2.26. The summed E-state index contributed by atoms with van der Waals surface area (Å²) in [5.41, 5.74) is 7.12. The lowest BCUT2D eigenvalue weighted by molar-refractivity contribution is 0.0696. The summed E-state index contributed by atoms with van der Waals surface area (Å²) in [5, 5.41) is 14.2. The zero-order valence-electron chi connectivity index (χ0n) is 14.7. The Labute approximate surface area is 155 Å². The first-order chi connectivity index (χ1) is 13.1. The number of nitrogens with one attached hydrogen (secondary N) is 2. The maximum absolute atomic E-state index is 11.6. The van der Waals surface area contributed by atoms with Gasteiger partial charge in [-0.25, -0.2) is 9.78 Å². The van der Waals surface area contributed by atoms with Crippen molar-refractivity contribution in [3.8, 4) is 11.1 Å². The Morgan fingerprint density at radius 3 is 2.81 bits per heavy atom. The Balaban J connectivity index is 1.80. The Bertz CT molecular complexity index is 1210. The lowest BCUT2D eigenvalue weighted by Crippen LogP contribution is -2.13. The van der Waals surface area contributed by atoms with Crippen molar-refractivity contribution in [3.05, 3.63) is 83.2 Å². The molecule has 27 heavy (non-hydrogen) atoms. The largest absolute Gasteiger partial charge is 0.478 e. The predicted molar refractivity (Wildman–Crippen MR) is 105 cm³/mol. The molecule has 1 aliphatic rings. The summed E-state index contributed by atoms with van der Waals surface area (Å²) in [6.07, 6.45) is 3.77. The molecule has 1 unspecified atom stereocenters. The van der Waals surface area contributed by atoms with Crippen LogP contribution in [0.3, 0.4) is 0 Å². The molecule has 0 saturated heterocycles. The first-order valence-electron chi connectivity index (χ1n) is 8.79. The van der Waals surface area contributed by atoms with Crippen molar-refractivity contribution in [1.29, 1.82) is 0 Å². The van der Waals surface area contributed by atoms with Gasteiger partial charge in [0.15, 0.2) is 0 Å². The molecule has 1 aliphatic heterocycles. The molecule has 5 heteroatoms. The molecule has 0 saturated carbocycles. The molecule has 4 aromatic rings. The van der Waals surface area contributed by atoms with E-state index < -0.39 is 5.97 Å². The van der Waals surface area contributed by atoms with Crippen LogP contribution < -0.4 is 5.32 Å². The number of anilines is 1. The number of hydrogen-bond acceptors (Lipinski definition) is 3. The van der Waals surface area contributed by atoms with Gasteiger partial charge in [0.05, 0.1) is 11.6 Å². The zero-order chi connectivity index (χ0) is 18.5. The van der Waals surface area contributed by atoms with Crippen LogP contribution >= 0.6 is 0 Å². The van der Waals surface area contributed by atoms with Crippen LogP contribution in [-0.2, 0) is 0 Å². The van der Waals surface area contributed by atoms with E-state index in [0.29, 0.717) is 5.56 Å². The number of fused-ring (bicyclic) bond motifs is 2. The van der Waals surface area contributed by atoms with Crippen molar-refractivity contribution >= 4 is 22.7 Å². The molecular formula is C22H17N3O2. The van der Waals surface area contributed by atoms with Crippen LogP contribution in [0.25, 0.3) is 22.2 Å². The lowest BCUT2D eigenvalue weighted by atomic mass is 9.94. The monoisotopic (exact) mass is 355 g/mol. The zero-order valence-corrected chi connectivity index (χ0v) is 14.7. The average molecular weight is 355 g/mol. The Morgan fingerprint density at radius 1 is 1.11 bits per heavy atom. The van der Waals surface area contributed by atoms with Gasteiger partial charge in [0.1, 0.15) is 5.65 Å². The average Bonchev–Trinajstić information content (AvgIpc) is 3.04. The van der Waals surface area contributed by atoms with E-state index in [4.69, 9.17) is 0 Å². The summed E-state index contributed by atoms with van der Waals surface area (Å²) in [4.78, 5) is 19.4. The summed E-state index contributed by atoms with van der Waals surface area (Å²) in [5.74, 6) is -0.912. The number of aromatic nitrogens is 2. The number of pyridine rings is 1. The third-order valence-corrected chi connectivity index (χ3v) is 5.26. The highest BCUT2D eigenvalue weighted by atomic mass is 16.4. The normalized spacial score (nSPS) is 15.1. The molecule has 0 spiro atoms. The van der Waals surface area contributed by atoms with Crippen molar-refractivity contribution in [2.24, 2.45) is 0 Å². The van der Waals surface area contributed by atoms with E-state index in [9.17, 15) is 9.90 Å². The minimum Gasteiger partial charge on any atom is -0.478 e. The number of hydrogen-bond donors (Lipinski definition) is 3. The number of carboxylic acid groups (broad SMARTS) is 1. The number of aromatic carboxylic acids is 1. The van der Waals surface area contributed by atoms with E-state index in [1.807, 2.05) is 49.6 Å². The van der Waals surface area contributed by atoms with Crippen LogP contribution in [0.15, 0.2) is 60.9 Å². The van der Waals surface area contributed by atoms with E-state index in [0.717, 1.165) is 44.5 Å². The molecular weight excluding hydrogens is 338 g/mol. The van der Waals surface area contributed by atoms with Gasteiger partial charge in [0.2, 0.25) is 0 Å². The molecule has 3 N–H and O–H groups in total. The molecule has 0 amide bonds. The number of para-hydroxylation sites is 1. The molecule has 0 bridgehead atoms. The van der Waals surface area contributed by atoms with Crippen molar-refractivity contribution in [3.63, 3.8) is 0 Å². The maximum atomic E-state index is 11.6. The quantitative estimate of drug-likeness (QED) is 0.485. The molecule has 2 aromatic carbocycles. The van der Waals surface area contributed by atoms with Gasteiger partial charge in [-0.15, -0.1) is 0 Å². The first-order valence-corrected chi connectivity index (χ1v) is 8.79. The molecule has 1 atom stereocenters. The second-order valence-corrected chi connectivity index (χ2v) is 6.83. The fourth-order valence-electron chi connectivity index (χ4n) is 3.92. The van der Waals surface area contributed by atoms with Gasteiger partial charge >= 0.3 is 5.97 Å². The number of nitrogens with zero attached hydrogens (tertiary/aromatic N) is 1. The highest BCUT2D eigenvalue weighted by molar-refractivity contribution is 6.01. The number of aromatic amines is 1. The topological polar surface area (TPSA) is 78.0 Å². The number of rotatable bonds is 2. The standard InChI is InChI=1S/C22H17N3O2/c1-12-6-7-13(10-16(12)22(26)27)20-17-11-24-21-19(17)15(8-9-23-21)14-4-2-3-5-18(14)25-20/h2-11,20,25H,1H3,(H,23,24)(H,26,27). The van der Waals surface area contributed by atoms with Gasteiger partial charge in [-0.05, 0) is 41.8 Å². The fourth-order valence-corrected chi connectivity index (χ4v) is 3.92. The molecule has 0 aliphatic carbocycles. The molecule has 132 valence electrons. The van der Waals surface area contributed by atoms with Crippen molar-refractivity contribution in [2.45, 2.75) is 13.0 Å². The second kappa shape index (κ2) is 5.71. The van der Waals surface area contributed by atoms with E-state index in [2.05, 4.69) is 27.4 Å². The minimum atomic E-state index is -0.912. The molecule has 0 radical (unpaired) electrons. The third kappa shape index (κ3) is 2.32. The molecule has 2 aromatic heterocycles. The smallest absolute Gasteiger partial charge is 0.335 e. The highest BCUT2D eigenvalue weighted by Crippen LogP contribution is 2.43. The predicted octanol–water partition coefficient (Wildman–Crippen LogP) is 4.75. The summed E-state index contributed by atoms with van der Waals surface area (Å²) in [6, 6.07) is 15.6.